The zero-order valence-electron chi connectivity index (χ0n) is 14.8. The van der Waals surface area contributed by atoms with Crippen LogP contribution in [-0.4, -0.2) is 23.8 Å². The van der Waals surface area contributed by atoms with E-state index in [0.717, 1.165) is 21.9 Å². The lowest BCUT2D eigenvalue weighted by Gasteiger charge is -2.24. The third-order valence-electron chi connectivity index (χ3n) is 4.35. The van der Waals surface area contributed by atoms with Gasteiger partial charge in [0.2, 0.25) is 0 Å². The standard InChI is InChI=1S/C22H23NO3/c1-2-26-22(25)21(24)20(23-15-16-8-4-3-5-9-16)19-13-12-17-10-6-7-11-18(17)14-19/h3-14,20-21,23-24H,2,15H2,1H3/t20-,21+/m0/s1. The third kappa shape index (κ3) is 4.28. The molecular weight excluding hydrogens is 326 g/mol. The maximum Gasteiger partial charge on any atom is 0.336 e. The van der Waals surface area contributed by atoms with Crippen LogP contribution in [-0.2, 0) is 16.1 Å². The predicted molar refractivity (Wildman–Crippen MR) is 103 cm³/mol. The van der Waals surface area contributed by atoms with Crippen molar-refractivity contribution >= 4 is 16.7 Å². The molecule has 0 radical (unpaired) electrons. The van der Waals surface area contributed by atoms with E-state index in [0.29, 0.717) is 6.54 Å². The van der Waals surface area contributed by atoms with Crippen LogP contribution >= 0.6 is 0 Å². The second-order valence-electron chi connectivity index (χ2n) is 6.15. The lowest BCUT2D eigenvalue weighted by atomic mass is 9.97. The van der Waals surface area contributed by atoms with E-state index in [4.69, 9.17) is 4.74 Å². The van der Waals surface area contributed by atoms with Crippen molar-refractivity contribution < 1.29 is 14.6 Å². The van der Waals surface area contributed by atoms with Gasteiger partial charge in [-0.25, -0.2) is 4.79 Å². The van der Waals surface area contributed by atoms with Crippen molar-refractivity contribution in [3.63, 3.8) is 0 Å². The fraction of sp³-hybridized carbons (Fsp3) is 0.227. The van der Waals surface area contributed by atoms with Crippen molar-refractivity contribution in [1.82, 2.24) is 5.32 Å². The van der Waals surface area contributed by atoms with Crippen molar-refractivity contribution in [3.05, 3.63) is 83.9 Å². The number of benzene rings is 3. The van der Waals surface area contributed by atoms with E-state index < -0.39 is 18.1 Å². The molecule has 134 valence electrons. The van der Waals surface area contributed by atoms with Gasteiger partial charge in [-0.15, -0.1) is 0 Å². The average molecular weight is 349 g/mol. The Morgan fingerprint density at radius 2 is 1.69 bits per heavy atom. The van der Waals surface area contributed by atoms with Gasteiger partial charge in [0, 0.05) is 6.54 Å². The highest BCUT2D eigenvalue weighted by Gasteiger charge is 2.28. The van der Waals surface area contributed by atoms with Crippen LogP contribution in [0.4, 0.5) is 0 Å². The van der Waals surface area contributed by atoms with Crippen molar-refractivity contribution in [3.8, 4) is 0 Å². The number of carbonyl (C=O) groups excluding carboxylic acids is 1. The summed E-state index contributed by atoms with van der Waals surface area (Å²) in [7, 11) is 0. The molecule has 0 aromatic heterocycles. The first-order valence-electron chi connectivity index (χ1n) is 8.79. The predicted octanol–water partition coefficient (Wildman–Crippen LogP) is 3.59. The minimum atomic E-state index is -1.28. The molecule has 0 fully saturated rings. The summed E-state index contributed by atoms with van der Waals surface area (Å²) in [4.78, 5) is 12.1. The quantitative estimate of drug-likeness (QED) is 0.640. The van der Waals surface area contributed by atoms with Crippen LogP contribution in [0, 0.1) is 0 Å². The summed E-state index contributed by atoms with van der Waals surface area (Å²) < 4.78 is 5.02. The van der Waals surface area contributed by atoms with Gasteiger partial charge in [0.25, 0.3) is 0 Å². The monoisotopic (exact) mass is 349 g/mol. The molecule has 4 nitrogen and oxygen atoms in total. The Hall–Kier alpha value is -2.69. The van der Waals surface area contributed by atoms with Crippen LogP contribution in [0.3, 0.4) is 0 Å². The van der Waals surface area contributed by atoms with E-state index in [1.165, 1.54) is 0 Å². The van der Waals surface area contributed by atoms with Gasteiger partial charge in [-0.1, -0.05) is 66.7 Å². The summed E-state index contributed by atoms with van der Waals surface area (Å²) >= 11 is 0. The molecule has 26 heavy (non-hydrogen) atoms. The summed E-state index contributed by atoms with van der Waals surface area (Å²) in [6.45, 7) is 2.50. The van der Waals surface area contributed by atoms with Gasteiger partial charge in [-0.2, -0.15) is 0 Å². The molecular formula is C22H23NO3. The van der Waals surface area contributed by atoms with E-state index in [1.54, 1.807) is 6.92 Å². The molecule has 0 aliphatic carbocycles. The summed E-state index contributed by atoms with van der Waals surface area (Å²) in [6, 6.07) is 23.3. The molecule has 0 amide bonds. The Labute approximate surface area is 153 Å². The van der Waals surface area contributed by atoms with E-state index in [-0.39, 0.29) is 6.61 Å². The van der Waals surface area contributed by atoms with Gasteiger partial charge in [0.15, 0.2) is 6.10 Å². The molecule has 0 aliphatic rings. The van der Waals surface area contributed by atoms with Crippen molar-refractivity contribution in [2.24, 2.45) is 0 Å². The van der Waals surface area contributed by atoms with Crippen molar-refractivity contribution in [1.29, 1.82) is 0 Å². The fourth-order valence-corrected chi connectivity index (χ4v) is 3.00. The van der Waals surface area contributed by atoms with Gasteiger partial charge in [-0.3, -0.25) is 0 Å². The second kappa shape index (κ2) is 8.61. The highest BCUT2D eigenvalue weighted by molar-refractivity contribution is 5.83. The van der Waals surface area contributed by atoms with Gasteiger partial charge in [0.05, 0.1) is 12.6 Å². The third-order valence-corrected chi connectivity index (χ3v) is 4.35. The molecule has 0 bridgehead atoms. The number of esters is 1. The molecule has 0 saturated heterocycles. The van der Waals surface area contributed by atoms with Crippen molar-refractivity contribution in [2.75, 3.05) is 6.61 Å². The molecule has 0 saturated carbocycles. The zero-order valence-corrected chi connectivity index (χ0v) is 14.8. The number of carbonyl (C=O) groups is 1. The number of hydrogen-bond acceptors (Lipinski definition) is 4. The van der Waals surface area contributed by atoms with Gasteiger partial charge >= 0.3 is 5.97 Å². The summed E-state index contributed by atoms with van der Waals surface area (Å²) in [5.41, 5.74) is 1.93. The minimum absolute atomic E-state index is 0.235. The number of ether oxygens (including phenoxy) is 1. The molecule has 0 spiro atoms. The number of fused-ring (bicyclic) bond motifs is 1. The number of nitrogens with one attached hydrogen (secondary N) is 1. The molecule has 3 aromatic carbocycles. The van der Waals surface area contributed by atoms with Crippen LogP contribution in [0.2, 0.25) is 0 Å². The largest absolute Gasteiger partial charge is 0.464 e. The van der Waals surface area contributed by atoms with E-state index in [2.05, 4.69) is 5.32 Å². The topological polar surface area (TPSA) is 58.6 Å². The van der Waals surface area contributed by atoms with E-state index in [9.17, 15) is 9.90 Å². The molecule has 3 aromatic rings. The number of hydrogen-bond donors (Lipinski definition) is 2. The fourth-order valence-electron chi connectivity index (χ4n) is 3.00. The van der Waals surface area contributed by atoms with Crippen LogP contribution in [0.5, 0.6) is 0 Å². The Balaban J connectivity index is 1.88. The Morgan fingerprint density at radius 1 is 1.00 bits per heavy atom. The second-order valence-corrected chi connectivity index (χ2v) is 6.15. The summed E-state index contributed by atoms with van der Waals surface area (Å²) in [5, 5.41) is 16.1. The first-order chi connectivity index (χ1) is 12.7. The molecule has 3 rings (SSSR count). The van der Waals surface area contributed by atoms with Crippen LogP contribution in [0.15, 0.2) is 72.8 Å². The smallest absolute Gasteiger partial charge is 0.336 e. The van der Waals surface area contributed by atoms with Crippen LogP contribution < -0.4 is 5.32 Å². The molecule has 0 unspecified atom stereocenters. The van der Waals surface area contributed by atoms with Gasteiger partial charge < -0.3 is 15.2 Å². The Bertz CT molecular complexity index is 863. The average Bonchev–Trinajstić information content (AvgIpc) is 2.69. The van der Waals surface area contributed by atoms with E-state index in [1.807, 2.05) is 72.8 Å². The van der Waals surface area contributed by atoms with Crippen molar-refractivity contribution in [2.45, 2.75) is 25.6 Å². The maximum absolute atomic E-state index is 12.1. The highest BCUT2D eigenvalue weighted by Crippen LogP contribution is 2.24. The molecule has 0 heterocycles. The van der Waals surface area contributed by atoms with Gasteiger partial charge in [-0.05, 0) is 34.9 Å². The first-order valence-corrected chi connectivity index (χ1v) is 8.79. The first kappa shape index (κ1) is 18.1. The highest BCUT2D eigenvalue weighted by atomic mass is 16.5. The van der Waals surface area contributed by atoms with E-state index >= 15 is 0 Å². The molecule has 2 N–H and O–H groups in total. The number of aliphatic hydroxyl groups is 1. The number of rotatable bonds is 7. The minimum Gasteiger partial charge on any atom is -0.464 e. The van der Waals surface area contributed by atoms with Crippen LogP contribution in [0.1, 0.15) is 24.1 Å². The SMILES string of the molecule is CCOC(=O)[C@H](O)[C@@H](NCc1ccccc1)c1ccc2ccccc2c1. The van der Waals surface area contributed by atoms with Gasteiger partial charge in [0.1, 0.15) is 0 Å². The van der Waals surface area contributed by atoms with Crippen LogP contribution in [0.25, 0.3) is 10.8 Å². The maximum atomic E-state index is 12.1. The Morgan fingerprint density at radius 3 is 2.42 bits per heavy atom. The molecule has 0 aliphatic heterocycles. The lowest BCUT2D eigenvalue weighted by Crippen LogP contribution is -2.38. The summed E-state index contributed by atoms with van der Waals surface area (Å²) in [5.74, 6) is -0.619. The normalized spacial score (nSPS) is 13.3. The molecule has 2 atom stereocenters. The zero-order chi connectivity index (χ0) is 18.4. The number of aliphatic hydroxyl groups excluding tert-OH is 1. The Kier molecular flexibility index (Phi) is 6.00. The molecule has 4 heteroatoms. The lowest BCUT2D eigenvalue weighted by molar-refractivity contribution is -0.154. The summed E-state index contributed by atoms with van der Waals surface area (Å²) in [6.07, 6.45) is -1.28.